The van der Waals surface area contributed by atoms with Crippen LogP contribution in [0.2, 0.25) is 0 Å². The number of phenolic OH excluding ortho intramolecular Hbond substituents is 1. The normalized spacial score (nSPS) is 10.6. The van der Waals surface area contributed by atoms with Crippen molar-refractivity contribution in [1.29, 1.82) is 0 Å². The molecule has 0 aliphatic rings. The highest BCUT2D eigenvalue weighted by molar-refractivity contribution is 5.28. The molecule has 100 valence electrons. The standard InChI is InChI=1S/C16H18FNO/c17-15-9-14(10-16(19)11-15)12-18-8-4-7-13-5-2-1-3-6-13/h1-3,5-6,9-11,18-19H,4,7-8,12H2. The molecule has 2 rings (SSSR count). The van der Waals surface area contributed by atoms with Crippen LogP contribution in [-0.4, -0.2) is 11.7 Å². The minimum Gasteiger partial charge on any atom is -0.508 e. The Morgan fingerprint density at radius 2 is 1.79 bits per heavy atom. The second-order valence-corrected chi connectivity index (χ2v) is 4.58. The molecule has 2 N–H and O–H groups in total. The minimum atomic E-state index is -0.402. The van der Waals surface area contributed by atoms with Gasteiger partial charge in [-0.1, -0.05) is 30.3 Å². The number of halogens is 1. The molecule has 0 spiro atoms. The van der Waals surface area contributed by atoms with Gasteiger partial charge >= 0.3 is 0 Å². The second kappa shape index (κ2) is 6.90. The van der Waals surface area contributed by atoms with E-state index in [1.807, 2.05) is 18.2 Å². The van der Waals surface area contributed by atoms with Crippen molar-refractivity contribution in [2.45, 2.75) is 19.4 Å². The summed E-state index contributed by atoms with van der Waals surface area (Å²) in [6.07, 6.45) is 2.06. The van der Waals surface area contributed by atoms with Crippen LogP contribution in [0.5, 0.6) is 5.75 Å². The van der Waals surface area contributed by atoms with Crippen LogP contribution in [-0.2, 0) is 13.0 Å². The molecule has 0 atom stereocenters. The van der Waals surface area contributed by atoms with Gasteiger partial charge in [0.1, 0.15) is 11.6 Å². The van der Waals surface area contributed by atoms with Gasteiger partial charge < -0.3 is 10.4 Å². The van der Waals surface area contributed by atoms with E-state index in [0.717, 1.165) is 31.0 Å². The van der Waals surface area contributed by atoms with Gasteiger partial charge in [0.2, 0.25) is 0 Å². The highest BCUT2D eigenvalue weighted by Crippen LogP contribution is 2.14. The van der Waals surface area contributed by atoms with Crippen molar-refractivity contribution in [2.75, 3.05) is 6.54 Å². The summed E-state index contributed by atoms with van der Waals surface area (Å²) in [5, 5.41) is 12.5. The summed E-state index contributed by atoms with van der Waals surface area (Å²) < 4.78 is 13.0. The second-order valence-electron chi connectivity index (χ2n) is 4.58. The molecule has 0 saturated carbocycles. The molecule has 0 aliphatic carbocycles. The van der Waals surface area contributed by atoms with Gasteiger partial charge in [0.05, 0.1) is 0 Å². The SMILES string of the molecule is Oc1cc(F)cc(CNCCCc2ccccc2)c1. The van der Waals surface area contributed by atoms with Crippen molar-refractivity contribution in [1.82, 2.24) is 5.32 Å². The number of aryl methyl sites for hydroxylation is 1. The van der Waals surface area contributed by atoms with Crippen molar-refractivity contribution < 1.29 is 9.50 Å². The lowest BCUT2D eigenvalue weighted by Crippen LogP contribution is -2.15. The molecule has 19 heavy (non-hydrogen) atoms. The third-order valence-electron chi connectivity index (χ3n) is 2.93. The fourth-order valence-electron chi connectivity index (χ4n) is 2.03. The summed E-state index contributed by atoms with van der Waals surface area (Å²) in [4.78, 5) is 0. The lowest BCUT2D eigenvalue weighted by molar-refractivity contribution is 0.467. The smallest absolute Gasteiger partial charge is 0.127 e. The molecule has 0 fully saturated rings. The average molecular weight is 259 g/mol. The Hall–Kier alpha value is -1.87. The predicted molar refractivity (Wildman–Crippen MR) is 74.5 cm³/mol. The van der Waals surface area contributed by atoms with Crippen LogP contribution in [0.4, 0.5) is 4.39 Å². The highest BCUT2D eigenvalue weighted by atomic mass is 19.1. The lowest BCUT2D eigenvalue weighted by atomic mass is 10.1. The van der Waals surface area contributed by atoms with Gasteiger partial charge in [0.25, 0.3) is 0 Å². The molecule has 0 bridgehead atoms. The lowest BCUT2D eigenvalue weighted by Gasteiger charge is -2.06. The van der Waals surface area contributed by atoms with Crippen molar-refractivity contribution in [2.24, 2.45) is 0 Å². The first-order valence-corrected chi connectivity index (χ1v) is 6.47. The number of hydrogen-bond acceptors (Lipinski definition) is 2. The molecule has 0 heterocycles. The van der Waals surface area contributed by atoms with E-state index in [-0.39, 0.29) is 5.75 Å². The first kappa shape index (κ1) is 13.6. The van der Waals surface area contributed by atoms with Gasteiger partial charge in [0.15, 0.2) is 0 Å². The Bertz CT molecular complexity index is 493. The number of aromatic hydroxyl groups is 1. The molecule has 2 aromatic carbocycles. The van der Waals surface area contributed by atoms with E-state index in [4.69, 9.17) is 0 Å². The van der Waals surface area contributed by atoms with Crippen molar-refractivity contribution in [3.05, 3.63) is 65.5 Å². The molecule has 0 unspecified atom stereocenters. The Labute approximate surface area is 112 Å². The van der Waals surface area contributed by atoms with Crippen molar-refractivity contribution in [3.63, 3.8) is 0 Å². The Morgan fingerprint density at radius 3 is 2.53 bits per heavy atom. The fourth-order valence-corrected chi connectivity index (χ4v) is 2.03. The summed E-state index contributed by atoms with van der Waals surface area (Å²) in [5.74, 6) is -0.429. The van der Waals surface area contributed by atoms with Gasteiger partial charge in [-0.2, -0.15) is 0 Å². The van der Waals surface area contributed by atoms with Crippen LogP contribution >= 0.6 is 0 Å². The Kier molecular flexibility index (Phi) is 4.93. The zero-order valence-electron chi connectivity index (χ0n) is 10.8. The van der Waals surface area contributed by atoms with E-state index in [1.165, 1.54) is 11.6 Å². The Balaban J connectivity index is 1.69. The highest BCUT2D eigenvalue weighted by Gasteiger charge is 1.99. The summed E-state index contributed by atoms with van der Waals surface area (Å²) >= 11 is 0. The molecule has 3 heteroatoms. The molecule has 0 amide bonds. The zero-order chi connectivity index (χ0) is 13.5. The van der Waals surface area contributed by atoms with E-state index in [0.29, 0.717) is 6.54 Å². The number of hydrogen-bond donors (Lipinski definition) is 2. The van der Waals surface area contributed by atoms with Crippen LogP contribution in [0.1, 0.15) is 17.5 Å². The van der Waals surface area contributed by atoms with E-state index in [1.54, 1.807) is 6.07 Å². The van der Waals surface area contributed by atoms with Gasteiger partial charge in [-0.25, -0.2) is 4.39 Å². The first-order valence-electron chi connectivity index (χ1n) is 6.47. The quantitative estimate of drug-likeness (QED) is 0.780. The first-order chi connectivity index (χ1) is 9.24. The molecule has 2 aromatic rings. The largest absolute Gasteiger partial charge is 0.508 e. The molecule has 0 radical (unpaired) electrons. The summed E-state index contributed by atoms with van der Waals surface area (Å²) in [6.45, 7) is 1.44. The van der Waals surface area contributed by atoms with Crippen LogP contribution in [0.25, 0.3) is 0 Å². The number of rotatable bonds is 6. The predicted octanol–water partition coefficient (Wildman–Crippen LogP) is 3.25. The monoisotopic (exact) mass is 259 g/mol. The van der Waals surface area contributed by atoms with Gasteiger partial charge in [-0.05, 0) is 42.6 Å². The van der Waals surface area contributed by atoms with E-state index >= 15 is 0 Å². The summed E-state index contributed by atoms with van der Waals surface area (Å²) in [7, 11) is 0. The molecular weight excluding hydrogens is 241 g/mol. The van der Waals surface area contributed by atoms with Crippen molar-refractivity contribution >= 4 is 0 Å². The number of nitrogens with one attached hydrogen (secondary N) is 1. The maximum atomic E-state index is 13.0. The third-order valence-corrected chi connectivity index (χ3v) is 2.93. The average Bonchev–Trinajstić information content (AvgIpc) is 2.38. The van der Waals surface area contributed by atoms with E-state index < -0.39 is 5.82 Å². The maximum Gasteiger partial charge on any atom is 0.127 e. The zero-order valence-corrected chi connectivity index (χ0v) is 10.8. The van der Waals surface area contributed by atoms with Crippen LogP contribution < -0.4 is 5.32 Å². The topological polar surface area (TPSA) is 32.3 Å². The summed E-state index contributed by atoms with van der Waals surface area (Å²) in [6, 6.07) is 14.4. The summed E-state index contributed by atoms with van der Waals surface area (Å²) in [5.41, 5.74) is 2.09. The van der Waals surface area contributed by atoms with E-state index in [2.05, 4.69) is 17.4 Å². The Morgan fingerprint density at radius 1 is 1.00 bits per heavy atom. The molecule has 0 aromatic heterocycles. The molecule has 0 saturated heterocycles. The molecular formula is C16H18FNO. The maximum absolute atomic E-state index is 13.0. The van der Waals surface area contributed by atoms with Crippen LogP contribution in [0, 0.1) is 5.82 Å². The van der Waals surface area contributed by atoms with E-state index in [9.17, 15) is 9.50 Å². The van der Waals surface area contributed by atoms with Crippen LogP contribution in [0.15, 0.2) is 48.5 Å². The minimum absolute atomic E-state index is 0.0268. The van der Waals surface area contributed by atoms with Gasteiger partial charge in [0, 0.05) is 12.6 Å². The van der Waals surface area contributed by atoms with Crippen molar-refractivity contribution in [3.8, 4) is 5.75 Å². The number of benzene rings is 2. The third kappa shape index (κ3) is 4.72. The fraction of sp³-hybridized carbons (Fsp3) is 0.250. The van der Waals surface area contributed by atoms with Gasteiger partial charge in [-0.3, -0.25) is 0 Å². The molecule has 0 aliphatic heterocycles. The van der Waals surface area contributed by atoms with Gasteiger partial charge in [-0.15, -0.1) is 0 Å². The number of phenols is 1. The van der Waals surface area contributed by atoms with Crippen LogP contribution in [0.3, 0.4) is 0 Å². The molecule has 2 nitrogen and oxygen atoms in total.